The van der Waals surface area contributed by atoms with E-state index in [4.69, 9.17) is 5.73 Å². The average molecular weight is 200 g/mol. The lowest BCUT2D eigenvalue weighted by atomic mass is 10.0. The van der Waals surface area contributed by atoms with Crippen molar-refractivity contribution in [3.05, 3.63) is 70.1 Å². The fourth-order valence-electron chi connectivity index (χ4n) is 1.52. The quantitative estimate of drug-likeness (QED) is 0.770. The van der Waals surface area contributed by atoms with Crippen LogP contribution < -0.4 is 11.3 Å². The number of benzene rings is 1. The summed E-state index contributed by atoms with van der Waals surface area (Å²) in [4.78, 5) is 14.1. The lowest BCUT2D eigenvalue weighted by Gasteiger charge is -2.10. The van der Waals surface area contributed by atoms with Gasteiger partial charge in [-0.3, -0.25) is 4.79 Å². The van der Waals surface area contributed by atoms with Crippen molar-refractivity contribution in [2.45, 2.75) is 6.04 Å². The molecule has 3 nitrogen and oxygen atoms in total. The van der Waals surface area contributed by atoms with Crippen LogP contribution in [0.1, 0.15) is 17.2 Å². The van der Waals surface area contributed by atoms with Crippen molar-refractivity contribution < 1.29 is 0 Å². The number of H-pyrrole nitrogens is 1. The fourth-order valence-corrected chi connectivity index (χ4v) is 1.52. The Morgan fingerprint density at radius 3 is 2.47 bits per heavy atom. The van der Waals surface area contributed by atoms with Crippen molar-refractivity contribution in [2.75, 3.05) is 0 Å². The van der Waals surface area contributed by atoms with Crippen LogP contribution in [-0.2, 0) is 0 Å². The van der Waals surface area contributed by atoms with Crippen LogP contribution in [0.5, 0.6) is 0 Å². The highest BCUT2D eigenvalue weighted by Crippen LogP contribution is 2.15. The molecule has 3 N–H and O–H groups in total. The molecule has 0 saturated heterocycles. The smallest absolute Gasteiger partial charge is 0.253 e. The van der Waals surface area contributed by atoms with Crippen LogP contribution in [0.15, 0.2) is 53.5 Å². The molecule has 15 heavy (non-hydrogen) atoms. The molecule has 2 aromatic rings. The zero-order chi connectivity index (χ0) is 10.7. The lowest BCUT2D eigenvalue weighted by Crippen LogP contribution is -2.21. The summed E-state index contributed by atoms with van der Waals surface area (Å²) in [5.41, 5.74) is 7.39. The Kier molecular flexibility index (Phi) is 2.65. The number of nitrogens with one attached hydrogen (secondary N) is 1. The highest BCUT2D eigenvalue weighted by Gasteiger charge is 2.10. The number of aromatic amines is 1. The summed E-state index contributed by atoms with van der Waals surface area (Å²) in [6.07, 6.45) is 1.60. The van der Waals surface area contributed by atoms with Crippen LogP contribution in [0.3, 0.4) is 0 Å². The van der Waals surface area contributed by atoms with Crippen LogP contribution in [-0.4, -0.2) is 4.98 Å². The second-order valence-electron chi connectivity index (χ2n) is 3.34. The molecule has 0 bridgehead atoms. The van der Waals surface area contributed by atoms with E-state index in [9.17, 15) is 4.79 Å². The highest BCUT2D eigenvalue weighted by molar-refractivity contribution is 5.29. The summed E-state index contributed by atoms with van der Waals surface area (Å²) in [6.45, 7) is 0. The van der Waals surface area contributed by atoms with E-state index in [0.717, 1.165) is 5.56 Å². The van der Waals surface area contributed by atoms with Gasteiger partial charge >= 0.3 is 0 Å². The van der Waals surface area contributed by atoms with E-state index in [2.05, 4.69) is 4.98 Å². The van der Waals surface area contributed by atoms with E-state index in [1.54, 1.807) is 18.3 Å². The zero-order valence-corrected chi connectivity index (χ0v) is 8.18. The maximum Gasteiger partial charge on any atom is 0.253 e. The summed E-state index contributed by atoms with van der Waals surface area (Å²) in [6, 6.07) is 12.7. The molecule has 0 aliphatic carbocycles. The van der Waals surface area contributed by atoms with E-state index in [-0.39, 0.29) is 11.6 Å². The van der Waals surface area contributed by atoms with Crippen molar-refractivity contribution in [1.29, 1.82) is 0 Å². The molecule has 1 heterocycles. The van der Waals surface area contributed by atoms with Gasteiger partial charge in [-0.2, -0.15) is 0 Å². The number of hydrogen-bond acceptors (Lipinski definition) is 2. The van der Waals surface area contributed by atoms with Crippen molar-refractivity contribution in [3.8, 4) is 0 Å². The fraction of sp³-hybridized carbons (Fsp3) is 0.0833. The molecular weight excluding hydrogens is 188 g/mol. The van der Waals surface area contributed by atoms with E-state index >= 15 is 0 Å². The molecule has 0 amide bonds. The molecule has 1 aromatic heterocycles. The van der Waals surface area contributed by atoms with E-state index in [1.165, 1.54) is 0 Å². The lowest BCUT2D eigenvalue weighted by molar-refractivity contribution is 0.849. The number of rotatable bonds is 2. The highest BCUT2D eigenvalue weighted by atomic mass is 16.1. The molecule has 3 heteroatoms. The molecule has 0 radical (unpaired) electrons. The average Bonchev–Trinajstić information content (AvgIpc) is 2.30. The van der Waals surface area contributed by atoms with E-state index < -0.39 is 0 Å². The molecule has 1 unspecified atom stereocenters. The Morgan fingerprint density at radius 2 is 1.80 bits per heavy atom. The van der Waals surface area contributed by atoms with Gasteiger partial charge in [-0.05, 0) is 11.6 Å². The largest absolute Gasteiger partial charge is 0.329 e. The van der Waals surface area contributed by atoms with E-state index in [1.807, 2.05) is 30.3 Å². The van der Waals surface area contributed by atoms with Crippen LogP contribution in [0.25, 0.3) is 0 Å². The second kappa shape index (κ2) is 4.11. The molecule has 2 rings (SSSR count). The monoisotopic (exact) mass is 200 g/mol. The van der Waals surface area contributed by atoms with Gasteiger partial charge in [0.1, 0.15) is 0 Å². The molecule has 0 aliphatic rings. The van der Waals surface area contributed by atoms with Gasteiger partial charge in [-0.25, -0.2) is 0 Å². The molecule has 0 aliphatic heterocycles. The first-order valence-corrected chi connectivity index (χ1v) is 4.77. The van der Waals surface area contributed by atoms with Gasteiger partial charge in [0.15, 0.2) is 0 Å². The van der Waals surface area contributed by atoms with Crippen molar-refractivity contribution in [1.82, 2.24) is 4.98 Å². The predicted molar refractivity (Wildman–Crippen MR) is 59.5 cm³/mol. The number of aromatic nitrogens is 1. The Labute approximate surface area is 87.6 Å². The number of nitrogens with two attached hydrogens (primary N) is 1. The number of hydrogen-bond donors (Lipinski definition) is 2. The Hall–Kier alpha value is -1.87. The van der Waals surface area contributed by atoms with Gasteiger partial charge in [0.25, 0.3) is 5.56 Å². The Bertz CT molecular complexity index is 490. The van der Waals surface area contributed by atoms with Crippen molar-refractivity contribution >= 4 is 0 Å². The van der Waals surface area contributed by atoms with Crippen LogP contribution in [0, 0.1) is 0 Å². The molecule has 0 spiro atoms. The third-order valence-electron chi connectivity index (χ3n) is 2.34. The standard InChI is InChI=1S/C12H12N2O/c13-11(9-5-2-1-3-6-9)10-7-4-8-14-12(10)15/h1-8,11H,13H2,(H,14,15). The maximum absolute atomic E-state index is 11.5. The summed E-state index contributed by atoms with van der Waals surface area (Å²) in [5, 5.41) is 0. The van der Waals surface area contributed by atoms with Gasteiger partial charge in [0.05, 0.1) is 6.04 Å². The van der Waals surface area contributed by atoms with Gasteiger partial charge in [0, 0.05) is 11.8 Å². The minimum absolute atomic E-state index is 0.131. The third-order valence-corrected chi connectivity index (χ3v) is 2.34. The van der Waals surface area contributed by atoms with Crippen LogP contribution in [0.2, 0.25) is 0 Å². The maximum atomic E-state index is 11.5. The first kappa shape index (κ1) is 9.68. The van der Waals surface area contributed by atoms with Gasteiger partial charge < -0.3 is 10.7 Å². The Morgan fingerprint density at radius 1 is 1.07 bits per heavy atom. The first-order valence-electron chi connectivity index (χ1n) is 4.77. The minimum atomic E-state index is -0.365. The summed E-state index contributed by atoms with van der Waals surface area (Å²) < 4.78 is 0. The zero-order valence-electron chi connectivity index (χ0n) is 8.18. The minimum Gasteiger partial charge on any atom is -0.329 e. The molecular formula is C12H12N2O. The molecule has 0 fully saturated rings. The number of pyridine rings is 1. The predicted octanol–water partition coefficient (Wildman–Crippen LogP) is 1.42. The van der Waals surface area contributed by atoms with Gasteiger partial charge in [-0.15, -0.1) is 0 Å². The third kappa shape index (κ3) is 1.97. The van der Waals surface area contributed by atoms with Crippen LogP contribution in [0.4, 0.5) is 0 Å². The van der Waals surface area contributed by atoms with E-state index in [0.29, 0.717) is 5.56 Å². The van der Waals surface area contributed by atoms with Crippen LogP contribution >= 0.6 is 0 Å². The molecule has 1 atom stereocenters. The van der Waals surface area contributed by atoms with Gasteiger partial charge in [0.2, 0.25) is 0 Å². The Balaban J connectivity index is 2.42. The summed E-state index contributed by atoms with van der Waals surface area (Å²) >= 11 is 0. The molecule has 76 valence electrons. The van der Waals surface area contributed by atoms with Crippen molar-refractivity contribution in [3.63, 3.8) is 0 Å². The summed E-state index contributed by atoms with van der Waals surface area (Å²) in [5.74, 6) is 0. The second-order valence-corrected chi connectivity index (χ2v) is 3.34. The summed E-state index contributed by atoms with van der Waals surface area (Å²) in [7, 11) is 0. The van der Waals surface area contributed by atoms with Crippen molar-refractivity contribution in [2.24, 2.45) is 5.73 Å². The topological polar surface area (TPSA) is 58.9 Å². The van der Waals surface area contributed by atoms with Gasteiger partial charge in [-0.1, -0.05) is 36.4 Å². The SMILES string of the molecule is NC(c1ccccc1)c1ccc[nH]c1=O. The normalized spacial score (nSPS) is 12.3. The molecule has 1 aromatic carbocycles. The first-order chi connectivity index (χ1) is 7.29. The molecule has 0 saturated carbocycles.